The predicted octanol–water partition coefficient (Wildman–Crippen LogP) is 1.88. The molecule has 1 aromatic heterocycles. The van der Waals surface area contributed by atoms with Crippen LogP contribution in [-0.2, 0) is 6.42 Å². The maximum Gasteiger partial charge on any atom is 0.139 e. The van der Waals surface area contributed by atoms with Gasteiger partial charge in [0.25, 0.3) is 0 Å². The molecule has 114 valence electrons. The van der Waals surface area contributed by atoms with Crippen molar-refractivity contribution in [2.24, 2.45) is 0 Å². The summed E-state index contributed by atoms with van der Waals surface area (Å²) in [5.74, 6) is 0.782. The zero-order valence-corrected chi connectivity index (χ0v) is 12.2. The van der Waals surface area contributed by atoms with Crippen LogP contribution in [0.15, 0.2) is 34.9 Å². The third-order valence-electron chi connectivity index (χ3n) is 3.51. The molecule has 21 heavy (non-hydrogen) atoms. The minimum Gasteiger partial charge on any atom is -0.464 e. The number of furan rings is 1. The van der Waals surface area contributed by atoms with Crippen molar-refractivity contribution >= 4 is 11.4 Å². The van der Waals surface area contributed by atoms with Crippen LogP contribution in [0, 0.1) is 0 Å². The van der Waals surface area contributed by atoms with Gasteiger partial charge < -0.3 is 25.3 Å². The Bertz CT molecular complexity index is 575. The second-order valence-corrected chi connectivity index (χ2v) is 4.83. The second-order valence-electron chi connectivity index (χ2n) is 4.83. The van der Waals surface area contributed by atoms with Gasteiger partial charge in [-0.2, -0.15) is 0 Å². The first-order valence-corrected chi connectivity index (χ1v) is 7.14. The smallest absolute Gasteiger partial charge is 0.139 e. The first kappa shape index (κ1) is 15.4. The molecule has 0 bridgehead atoms. The summed E-state index contributed by atoms with van der Waals surface area (Å²) in [5.41, 5.74) is 9.58. The lowest BCUT2D eigenvalue weighted by molar-refractivity contribution is 0.281. The summed E-state index contributed by atoms with van der Waals surface area (Å²) < 4.78 is 5.58. The van der Waals surface area contributed by atoms with Crippen molar-refractivity contribution in [3.63, 3.8) is 0 Å². The quantitative estimate of drug-likeness (QED) is 0.678. The van der Waals surface area contributed by atoms with E-state index >= 15 is 0 Å². The molecule has 2 rings (SSSR count). The molecule has 0 unspecified atom stereocenters. The second kappa shape index (κ2) is 7.15. The molecule has 0 atom stereocenters. The fourth-order valence-electron chi connectivity index (χ4n) is 2.40. The highest BCUT2D eigenvalue weighted by molar-refractivity contribution is 5.78. The summed E-state index contributed by atoms with van der Waals surface area (Å²) in [6.45, 7) is 3.05. The van der Waals surface area contributed by atoms with Crippen molar-refractivity contribution in [1.29, 1.82) is 0 Å². The number of aliphatic hydroxyl groups is 2. The lowest BCUT2D eigenvalue weighted by Crippen LogP contribution is -2.29. The van der Waals surface area contributed by atoms with E-state index in [0.717, 1.165) is 29.0 Å². The van der Waals surface area contributed by atoms with Gasteiger partial charge in [0, 0.05) is 30.0 Å². The number of hydrogen-bond acceptors (Lipinski definition) is 5. The molecule has 0 spiro atoms. The number of nitrogen functional groups attached to an aromatic ring is 1. The molecular formula is C16H22N2O3. The van der Waals surface area contributed by atoms with Gasteiger partial charge in [0.1, 0.15) is 5.76 Å². The van der Waals surface area contributed by atoms with Crippen LogP contribution in [-0.4, -0.2) is 36.5 Å². The Morgan fingerprint density at radius 2 is 1.86 bits per heavy atom. The van der Waals surface area contributed by atoms with Crippen LogP contribution in [0.1, 0.15) is 12.5 Å². The van der Waals surface area contributed by atoms with Gasteiger partial charge in [-0.3, -0.25) is 0 Å². The molecule has 0 aliphatic rings. The summed E-state index contributed by atoms with van der Waals surface area (Å²) in [5, 5.41) is 18.3. The van der Waals surface area contributed by atoms with Crippen molar-refractivity contribution in [1.82, 2.24) is 0 Å². The lowest BCUT2D eigenvalue weighted by Gasteiger charge is -2.23. The van der Waals surface area contributed by atoms with Crippen LogP contribution in [0.3, 0.4) is 0 Å². The lowest BCUT2D eigenvalue weighted by atomic mass is 10.0. The molecule has 1 aromatic carbocycles. The average molecular weight is 290 g/mol. The zero-order valence-electron chi connectivity index (χ0n) is 12.2. The van der Waals surface area contributed by atoms with E-state index in [1.165, 1.54) is 0 Å². The van der Waals surface area contributed by atoms with Crippen LogP contribution in [0.5, 0.6) is 0 Å². The first-order valence-electron chi connectivity index (χ1n) is 7.14. The Morgan fingerprint density at radius 1 is 1.14 bits per heavy atom. The molecule has 5 heteroatoms. The van der Waals surface area contributed by atoms with Gasteiger partial charge in [-0.15, -0.1) is 0 Å². The molecule has 0 saturated carbocycles. The Labute approximate surface area is 124 Å². The molecule has 1 heterocycles. The van der Waals surface area contributed by atoms with Crippen molar-refractivity contribution < 1.29 is 14.6 Å². The Balaban J connectivity index is 2.41. The maximum absolute atomic E-state index is 9.15. The van der Waals surface area contributed by atoms with Crippen LogP contribution < -0.4 is 10.6 Å². The number of nitrogens with zero attached hydrogens (tertiary/aromatic N) is 1. The first-order chi connectivity index (χ1) is 10.2. The van der Waals surface area contributed by atoms with E-state index in [1.54, 1.807) is 6.26 Å². The summed E-state index contributed by atoms with van der Waals surface area (Å²) in [6.07, 6.45) is 2.53. The Morgan fingerprint density at radius 3 is 2.48 bits per heavy atom. The van der Waals surface area contributed by atoms with E-state index in [0.29, 0.717) is 18.8 Å². The standard InChI is InChI=1S/C16H22N2O3/c1-2-12-5-10-21-16(12)14-11-13(3-4-15(14)17)18(6-8-19)7-9-20/h3-5,10-11,19-20H,2,6-9,17H2,1H3. The van der Waals surface area contributed by atoms with Crippen LogP contribution in [0.2, 0.25) is 0 Å². The summed E-state index contributed by atoms with van der Waals surface area (Å²) >= 11 is 0. The number of rotatable bonds is 7. The highest BCUT2D eigenvalue weighted by atomic mass is 16.3. The highest BCUT2D eigenvalue weighted by Gasteiger charge is 2.14. The molecule has 0 radical (unpaired) electrons. The topological polar surface area (TPSA) is 82.9 Å². The monoisotopic (exact) mass is 290 g/mol. The van der Waals surface area contributed by atoms with E-state index in [2.05, 4.69) is 6.92 Å². The molecule has 0 saturated heterocycles. The van der Waals surface area contributed by atoms with E-state index in [9.17, 15) is 0 Å². The van der Waals surface area contributed by atoms with Crippen molar-refractivity contribution in [2.75, 3.05) is 36.9 Å². The van der Waals surface area contributed by atoms with E-state index in [1.807, 2.05) is 29.2 Å². The number of aliphatic hydroxyl groups excluding tert-OH is 2. The summed E-state index contributed by atoms with van der Waals surface area (Å²) in [6, 6.07) is 7.60. The Hall–Kier alpha value is -1.98. The van der Waals surface area contributed by atoms with Crippen LogP contribution in [0.25, 0.3) is 11.3 Å². The summed E-state index contributed by atoms with van der Waals surface area (Å²) in [4.78, 5) is 1.91. The van der Waals surface area contributed by atoms with Gasteiger partial charge in [-0.25, -0.2) is 0 Å². The number of benzene rings is 1. The van der Waals surface area contributed by atoms with Crippen molar-refractivity contribution in [2.45, 2.75) is 13.3 Å². The third-order valence-corrected chi connectivity index (χ3v) is 3.51. The average Bonchev–Trinajstić information content (AvgIpc) is 2.96. The molecule has 0 fully saturated rings. The summed E-state index contributed by atoms with van der Waals surface area (Å²) in [7, 11) is 0. The van der Waals surface area contributed by atoms with Crippen molar-refractivity contribution in [3.8, 4) is 11.3 Å². The third kappa shape index (κ3) is 3.37. The number of nitrogens with two attached hydrogens (primary N) is 1. The number of anilines is 2. The zero-order chi connectivity index (χ0) is 15.2. The van der Waals surface area contributed by atoms with Gasteiger partial charge in [0.05, 0.1) is 19.5 Å². The number of aryl methyl sites for hydroxylation is 1. The maximum atomic E-state index is 9.15. The van der Waals surface area contributed by atoms with Crippen molar-refractivity contribution in [3.05, 3.63) is 36.1 Å². The molecule has 0 aliphatic heterocycles. The normalized spacial score (nSPS) is 10.8. The molecule has 5 nitrogen and oxygen atoms in total. The molecule has 0 aliphatic carbocycles. The van der Waals surface area contributed by atoms with E-state index < -0.39 is 0 Å². The minimum absolute atomic E-state index is 0.0284. The van der Waals surface area contributed by atoms with Gasteiger partial charge >= 0.3 is 0 Å². The molecule has 2 aromatic rings. The molecule has 4 N–H and O–H groups in total. The van der Waals surface area contributed by atoms with Crippen LogP contribution >= 0.6 is 0 Å². The molecule has 0 amide bonds. The van der Waals surface area contributed by atoms with Gasteiger partial charge in [-0.05, 0) is 36.2 Å². The fraction of sp³-hybridized carbons (Fsp3) is 0.375. The van der Waals surface area contributed by atoms with Gasteiger partial charge in [0.15, 0.2) is 0 Å². The highest BCUT2D eigenvalue weighted by Crippen LogP contribution is 2.33. The molecular weight excluding hydrogens is 268 g/mol. The van der Waals surface area contributed by atoms with E-state index in [-0.39, 0.29) is 13.2 Å². The minimum atomic E-state index is 0.0284. The SMILES string of the molecule is CCc1ccoc1-c1cc(N(CCO)CCO)ccc1N. The number of hydrogen-bond donors (Lipinski definition) is 3. The van der Waals surface area contributed by atoms with E-state index in [4.69, 9.17) is 20.4 Å². The van der Waals surface area contributed by atoms with Crippen LogP contribution in [0.4, 0.5) is 11.4 Å². The largest absolute Gasteiger partial charge is 0.464 e. The Kier molecular flexibility index (Phi) is 5.25. The predicted molar refractivity (Wildman–Crippen MR) is 84.3 cm³/mol. The van der Waals surface area contributed by atoms with Gasteiger partial charge in [-0.1, -0.05) is 6.92 Å². The fourth-order valence-corrected chi connectivity index (χ4v) is 2.40. The van der Waals surface area contributed by atoms with Gasteiger partial charge in [0.2, 0.25) is 0 Å².